The Morgan fingerprint density at radius 1 is 1.33 bits per heavy atom. The first-order valence-corrected chi connectivity index (χ1v) is 6.20. The van der Waals surface area contributed by atoms with E-state index < -0.39 is 10.7 Å². The van der Waals surface area contributed by atoms with Gasteiger partial charge in [0.1, 0.15) is 23.2 Å². The topological polar surface area (TPSA) is 76.2 Å². The Bertz CT molecular complexity index is 738. The first-order valence-electron chi connectivity index (χ1n) is 6.20. The summed E-state index contributed by atoms with van der Waals surface area (Å²) in [5.41, 5.74) is 0.280. The zero-order valence-electron chi connectivity index (χ0n) is 11.2. The van der Waals surface area contributed by atoms with Crippen LogP contribution in [0, 0.1) is 27.3 Å². The highest BCUT2D eigenvalue weighted by Crippen LogP contribution is 2.34. The Labute approximate surface area is 120 Å². The average Bonchev–Trinajstić information content (AvgIpc) is 2.47. The van der Waals surface area contributed by atoms with Gasteiger partial charge in [0.05, 0.1) is 4.92 Å². The van der Waals surface area contributed by atoms with Crippen molar-refractivity contribution in [3.63, 3.8) is 0 Å². The van der Waals surface area contributed by atoms with Crippen molar-refractivity contribution < 1.29 is 14.1 Å². The molecule has 0 heterocycles. The highest BCUT2D eigenvalue weighted by molar-refractivity contribution is 5.53. The Morgan fingerprint density at radius 3 is 2.71 bits per heavy atom. The molecule has 0 bridgehead atoms. The fraction of sp³-hybridized carbons (Fsp3) is 0.133. The molecule has 0 N–H and O–H groups in total. The van der Waals surface area contributed by atoms with Gasteiger partial charge in [-0.3, -0.25) is 10.1 Å². The van der Waals surface area contributed by atoms with E-state index in [2.05, 4.69) is 0 Å². The van der Waals surface area contributed by atoms with Crippen LogP contribution in [-0.4, -0.2) is 4.92 Å². The summed E-state index contributed by atoms with van der Waals surface area (Å²) in [6.45, 7) is 1.87. The number of benzene rings is 2. The summed E-state index contributed by atoms with van der Waals surface area (Å²) in [4.78, 5) is 10.5. The summed E-state index contributed by atoms with van der Waals surface area (Å²) >= 11 is 0. The largest absolute Gasteiger partial charge is 0.449 e. The molecule has 0 aliphatic heterocycles. The number of nitro groups is 1. The van der Waals surface area contributed by atoms with Crippen molar-refractivity contribution in [3.05, 3.63) is 63.5 Å². The van der Waals surface area contributed by atoms with Crippen LogP contribution in [0.4, 0.5) is 10.1 Å². The normalized spacial score (nSPS) is 9.95. The van der Waals surface area contributed by atoms with Crippen molar-refractivity contribution in [2.45, 2.75) is 13.3 Å². The molecule has 2 rings (SSSR count). The molecule has 2 aromatic rings. The minimum Gasteiger partial charge on any atom is -0.449 e. The Balaban J connectivity index is 2.48. The van der Waals surface area contributed by atoms with Gasteiger partial charge in [0.25, 0.3) is 0 Å². The van der Waals surface area contributed by atoms with E-state index >= 15 is 0 Å². The van der Waals surface area contributed by atoms with Gasteiger partial charge < -0.3 is 4.74 Å². The number of rotatable bonds is 4. The van der Waals surface area contributed by atoms with E-state index in [4.69, 9.17) is 10.00 Å². The minimum atomic E-state index is -0.733. The van der Waals surface area contributed by atoms with Crippen molar-refractivity contribution >= 4 is 5.69 Å². The number of nitro benzene ring substituents is 1. The molecule has 0 aliphatic carbocycles. The van der Waals surface area contributed by atoms with Crippen LogP contribution in [0.5, 0.6) is 11.5 Å². The third-order valence-corrected chi connectivity index (χ3v) is 2.94. The van der Waals surface area contributed by atoms with Crippen LogP contribution in [0.25, 0.3) is 0 Å². The molecule has 0 saturated heterocycles. The number of hydrogen-bond donors (Lipinski definition) is 0. The highest BCUT2D eigenvalue weighted by atomic mass is 19.1. The van der Waals surface area contributed by atoms with E-state index in [9.17, 15) is 14.5 Å². The molecule has 0 atom stereocenters. The standard InChI is InChI=1S/C15H11FN2O3/c1-2-10-6-7-15(13(8-10)18(19)20)21-14-5-3-4-12(16)11(14)9-17/h3-8H,2H2,1H3. The quantitative estimate of drug-likeness (QED) is 0.629. The van der Waals surface area contributed by atoms with Crippen LogP contribution >= 0.6 is 0 Å². The Hall–Kier alpha value is -2.94. The van der Waals surface area contributed by atoms with E-state index in [-0.39, 0.29) is 22.7 Å². The summed E-state index contributed by atoms with van der Waals surface area (Å²) in [6.07, 6.45) is 0.643. The van der Waals surface area contributed by atoms with Crippen molar-refractivity contribution in [2.75, 3.05) is 0 Å². The SMILES string of the molecule is CCc1ccc(Oc2cccc(F)c2C#N)c([N+](=O)[O-])c1. The lowest BCUT2D eigenvalue weighted by atomic mass is 10.1. The molecule has 6 heteroatoms. The van der Waals surface area contributed by atoms with E-state index in [1.165, 1.54) is 24.3 Å². The first-order chi connectivity index (χ1) is 10.1. The van der Waals surface area contributed by atoms with E-state index in [1.807, 2.05) is 6.92 Å². The molecule has 21 heavy (non-hydrogen) atoms. The number of aryl methyl sites for hydroxylation is 1. The van der Waals surface area contributed by atoms with Gasteiger partial charge in [-0.25, -0.2) is 4.39 Å². The van der Waals surface area contributed by atoms with Crippen molar-refractivity contribution in [2.24, 2.45) is 0 Å². The van der Waals surface area contributed by atoms with Gasteiger partial charge in [-0.15, -0.1) is 0 Å². The zero-order chi connectivity index (χ0) is 15.4. The molecule has 0 fully saturated rings. The predicted octanol–water partition coefficient (Wildman–Crippen LogP) is 3.96. The molecular weight excluding hydrogens is 275 g/mol. The predicted molar refractivity (Wildman–Crippen MR) is 73.7 cm³/mol. The van der Waals surface area contributed by atoms with Crippen LogP contribution in [-0.2, 0) is 6.42 Å². The smallest absolute Gasteiger partial charge is 0.311 e. The lowest BCUT2D eigenvalue weighted by Gasteiger charge is -2.09. The Morgan fingerprint density at radius 2 is 2.10 bits per heavy atom. The molecule has 0 unspecified atom stereocenters. The summed E-state index contributed by atoms with van der Waals surface area (Å²) in [7, 11) is 0. The second kappa shape index (κ2) is 6.01. The van der Waals surface area contributed by atoms with Gasteiger partial charge in [0.2, 0.25) is 5.75 Å². The molecule has 0 spiro atoms. The van der Waals surface area contributed by atoms with Crippen LogP contribution in [0.3, 0.4) is 0 Å². The first kappa shape index (κ1) is 14.5. The molecule has 0 radical (unpaired) electrons. The van der Waals surface area contributed by atoms with E-state index in [1.54, 1.807) is 12.1 Å². The number of nitrogens with zero attached hydrogens (tertiary/aromatic N) is 2. The van der Waals surface area contributed by atoms with Crippen LogP contribution < -0.4 is 4.74 Å². The third-order valence-electron chi connectivity index (χ3n) is 2.94. The lowest BCUT2D eigenvalue weighted by Crippen LogP contribution is -1.97. The molecule has 0 amide bonds. The van der Waals surface area contributed by atoms with Crippen molar-refractivity contribution in [3.8, 4) is 17.6 Å². The van der Waals surface area contributed by atoms with Gasteiger partial charge >= 0.3 is 5.69 Å². The number of hydrogen-bond acceptors (Lipinski definition) is 4. The monoisotopic (exact) mass is 286 g/mol. The minimum absolute atomic E-state index is 0.0284. The van der Waals surface area contributed by atoms with Crippen molar-refractivity contribution in [1.82, 2.24) is 0 Å². The number of nitriles is 1. The molecule has 106 valence electrons. The maximum atomic E-state index is 13.5. The van der Waals surface area contributed by atoms with Crippen LogP contribution in [0.15, 0.2) is 36.4 Å². The van der Waals surface area contributed by atoms with Gasteiger partial charge in [0.15, 0.2) is 0 Å². The highest BCUT2D eigenvalue weighted by Gasteiger charge is 2.18. The molecule has 2 aromatic carbocycles. The van der Waals surface area contributed by atoms with Gasteiger partial charge in [-0.2, -0.15) is 5.26 Å². The van der Waals surface area contributed by atoms with Crippen LogP contribution in [0.2, 0.25) is 0 Å². The molecule has 0 aromatic heterocycles. The maximum absolute atomic E-state index is 13.5. The zero-order valence-corrected chi connectivity index (χ0v) is 11.2. The number of ether oxygens (including phenoxy) is 1. The molecule has 0 saturated carbocycles. The van der Waals surface area contributed by atoms with Gasteiger partial charge in [-0.1, -0.05) is 19.1 Å². The fourth-order valence-corrected chi connectivity index (χ4v) is 1.83. The van der Waals surface area contributed by atoms with Crippen LogP contribution in [0.1, 0.15) is 18.1 Å². The second-order valence-corrected chi connectivity index (χ2v) is 4.24. The third kappa shape index (κ3) is 2.98. The Kier molecular flexibility index (Phi) is 4.14. The second-order valence-electron chi connectivity index (χ2n) is 4.24. The molecule has 0 aliphatic rings. The van der Waals surface area contributed by atoms with E-state index in [0.717, 1.165) is 11.6 Å². The average molecular weight is 286 g/mol. The molecule has 5 nitrogen and oxygen atoms in total. The van der Waals surface area contributed by atoms with Gasteiger partial charge in [0, 0.05) is 6.07 Å². The molecular formula is C15H11FN2O3. The van der Waals surface area contributed by atoms with Gasteiger partial charge in [-0.05, 0) is 30.2 Å². The maximum Gasteiger partial charge on any atom is 0.311 e. The fourth-order valence-electron chi connectivity index (χ4n) is 1.83. The van der Waals surface area contributed by atoms with E-state index in [0.29, 0.717) is 6.42 Å². The summed E-state index contributed by atoms with van der Waals surface area (Å²) in [5, 5.41) is 20.0. The summed E-state index contributed by atoms with van der Waals surface area (Å²) in [5.74, 6) is -0.813. The number of halogens is 1. The van der Waals surface area contributed by atoms with Crippen molar-refractivity contribution in [1.29, 1.82) is 5.26 Å². The summed E-state index contributed by atoms with van der Waals surface area (Å²) < 4.78 is 18.9. The summed E-state index contributed by atoms with van der Waals surface area (Å²) in [6, 6.07) is 10.1. The lowest BCUT2D eigenvalue weighted by molar-refractivity contribution is -0.385.